The second kappa shape index (κ2) is 17.0. The molecule has 0 aliphatic rings. The van der Waals surface area contributed by atoms with Gasteiger partial charge in [-0.1, -0.05) is 0 Å². The summed E-state index contributed by atoms with van der Waals surface area (Å²) < 4.78 is 0. The minimum Gasteiger partial charge on any atom is -1.00 e. The molecule has 1 atom stereocenters. The maximum absolute atomic E-state index is 8.74. The van der Waals surface area contributed by atoms with E-state index >= 15 is 0 Å². The molecule has 17 heavy (non-hydrogen) atoms. The fraction of sp³-hybridized carbons (Fsp3) is 1.00. The van der Waals surface area contributed by atoms with Gasteiger partial charge in [-0.25, -0.2) is 0 Å². The molecule has 8 heteroatoms. The number of hydrogen-bond acceptors (Lipinski definition) is 5. The second-order valence-corrected chi connectivity index (χ2v) is 3.94. The van der Waals surface area contributed by atoms with Gasteiger partial charge in [0, 0.05) is 32.1 Å². The topological polar surface area (TPSA) is 81.9 Å². The monoisotopic (exact) mass is 342 g/mol. The van der Waals surface area contributed by atoms with E-state index < -0.39 is 6.29 Å². The van der Waals surface area contributed by atoms with Crippen molar-refractivity contribution >= 4 is 12.4 Å². The van der Waals surface area contributed by atoms with E-state index in [4.69, 9.17) is 10.2 Å². The van der Waals surface area contributed by atoms with E-state index in [0.717, 1.165) is 13.0 Å². The van der Waals surface area contributed by atoms with Crippen molar-refractivity contribution in [3.63, 3.8) is 0 Å². The number of aliphatic hydroxyl groups excluding tert-OH is 1. The molecule has 0 bridgehead atoms. The zero-order chi connectivity index (χ0) is 10.4. The molecule has 0 spiro atoms. The zero-order valence-corrected chi connectivity index (χ0v) is 15.8. The van der Waals surface area contributed by atoms with Crippen molar-refractivity contribution in [1.82, 2.24) is 16.0 Å². The summed E-state index contributed by atoms with van der Waals surface area (Å²) in [6.45, 7) is 0.944. The van der Waals surface area contributed by atoms with Crippen LogP contribution in [0.1, 0.15) is 12.8 Å². The first kappa shape index (κ1) is 30.8. The van der Waals surface area contributed by atoms with Crippen molar-refractivity contribution in [1.29, 1.82) is 0 Å². The minimum atomic E-state index is -1.18. The minimum absolute atomic E-state index is 0. The van der Waals surface area contributed by atoms with Crippen LogP contribution in [0.25, 0.3) is 0 Å². The summed E-state index contributed by atoms with van der Waals surface area (Å²) in [5.74, 6) is 0. The van der Waals surface area contributed by atoms with Crippen LogP contribution in [0, 0.1) is 0 Å². The molecule has 0 radical (unpaired) electrons. The van der Waals surface area contributed by atoms with Crippen LogP contribution in [0.2, 0.25) is 0 Å². The Morgan fingerprint density at radius 3 is 1.65 bits per heavy atom. The SMILES string of the molecule is CN(C)CC(CCC(O)O)N(C)C.Cl.N.[Cl-].[Zn]. The molecule has 0 aromatic carbocycles. The smallest absolute Gasteiger partial charge is 0.151 e. The third-order valence-electron chi connectivity index (χ3n) is 2.06. The first-order chi connectivity index (χ1) is 5.93. The van der Waals surface area contributed by atoms with Gasteiger partial charge in [-0.15, -0.1) is 12.4 Å². The van der Waals surface area contributed by atoms with Crippen molar-refractivity contribution in [3.05, 3.63) is 0 Å². The van der Waals surface area contributed by atoms with Crippen LogP contribution >= 0.6 is 12.4 Å². The quantitative estimate of drug-likeness (QED) is 0.357. The Labute approximate surface area is 130 Å². The molecule has 0 rings (SSSR count). The molecule has 0 aliphatic heterocycles. The van der Waals surface area contributed by atoms with Gasteiger partial charge >= 0.3 is 0 Å². The van der Waals surface area contributed by atoms with E-state index in [9.17, 15) is 0 Å². The van der Waals surface area contributed by atoms with Crippen LogP contribution in [0.4, 0.5) is 0 Å². The second-order valence-electron chi connectivity index (χ2n) is 3.94. The number of nitrogens with zero attached hydrogens (tertiary/aromatic N) is 2. The van der Waals surface area contributed by atoms with Gasteiger partial charge in [-0.2, -0.15) is 0 Å². The Morgan fingerprint density at radius 1 is 1.00 bits per heavy atom. The van der Waals surface area contributed by atoms with Crippen LogP contribution in [-0.2, 0) is 19.5 Å². The molecule has 0 saturated carbocycles. The fourth-order valence-corrected chi connectivity index (χ4v) is 1.28. The van der Waals surface area contributed by atoms with Crippen molar-refractivity contribution in [2.24, 2.45) is 0 Å². The molecule has 0 aliphatic carbocycles. The molecule has 0 aromatic rings. The number of hydrogen-bond donors (Lipinski definition) is 3. The molecule has 106 valence electrons. The molecule has 0 saturated heterocycles. The molecule has 0 aromatic heterocycles. The van der Waals surface area contributed by atoms with Crippen LogP contribution in [-0.4, -0.2) is 67.1 Å². The summed E-state index contributed by atoms with van der Waals surface area (Å²) in [7, 11) is 8.06. The maximum Gasteiger partial charge on any atom is 0.151 e. The molecular formula is C9H26Cl2N3O2Zn-. The number of rotatable bonds is 6. The molecule has 0 fully saturated rings. The van der Waals surface area contributed by atoms with E-state index in [1.54, 1.807) is 0 Å². The largest absolute Gasteiger partial charge is 1.00 e. The van der Waals surface area contributed by atoms with Crippen LogP contribution in [0.15, 0.2) is 0 Å². The Hall–Kier alpha value is 1.00. The van der Waals surface area contributed by atoms with E-state index in [2.05, 4.69) is 9.80 Å². The van der Waals surface area contributed by atoms with E-state index in [-0.39, 0.29) is 50.4 Å². The van der Waals surface area contributed by atoms with Crippen molar-refractivity contribution in [2.75, 3.05) is 34.7 Å². The molecule has 0 amide bonds. The number of halogens is 2. The van der Waals surface area contributed by atoms with Crippen LogP contribution < -0.4 is 18.6 Å². The van der Waals surface area contributed by atoms with Crippen molar-refractivity contribution in [2.45, 2.75) is 25.2 Å². The summed E-state index contributed by atoms with van der Waals surface area (Å²) in [6, 6.07) is 0.386. The average molecular weight is 345 g/mol. The Balaban J connectivity index is -0.000000120. The predicted molar refractivity (Wildman–Crippen MR) is 65.8 cm³/mol. The Morgan fingerprint density at radius 2 is 1.41 bits per heavy atom. The number of aliphatic hydroxyl groups is 2. The van der Waals surface area contributed by atoms with Gasteiger partial charge in [0.25, 0.3) is 0 Å². The summed E-state index contributed by atoms with van der Waals surface area (Å²) in [5, 5.41) is 17.5. The van der Waals surface area contributed by atoms with Crippen molar-refractivity contribution in [3.8, 4) is 0 Å². The maximum atomic E-state index is 8.74. The van der Waals surface area contributed by atoms with Gasteiger partial charge in [-0.3, -0.25) is 0 Å². The molecule has 5 N–H and O–H groups in total. The van der Waals surface area contributed by atoms with Gasteiger partial charge in [0.15, 0.2) is 6.29 Å². The first-order valence-corrected chi connectivity index (χ1v) is 4.60. The van der Waals surface area contributed by atoms with Gasteiger partial charge < -0.3 is 38.6 Å². The van der Waals surface area contributed by atoms with Gasteiger partial charge in [0.1, 0.15) is 0 Å². The van der Waals surface area contributed by atoms with Crippen LogP contribution in [0.5, 0.6) is 0 Å². The summed E-state index contributed by atoms with van der Waals surface area (Å²) in [5.41, 5.74) is 0. The summed E-state index contributed by atoms with van der Waals surface area (Å²) in [6.07, 6.45) is 0.0733. The summed E-state index contributed by atoms with van der Waals surface area (Å²) in [4.78, 5) is 4.22. The third-order valence-corrected chi connectivity index (χ3v) is 2.06. The predicted octanol–water partition coefficient (Wildman–Crippen LogP) is -2.85. The first-order valence-electron chi connectivity index (χ1n) is 4.60. The normalized spacial score (nSPS) is 11.1. The zero-order valence-electron chi connectivity index (χ0n) is 11.3. The van der Waals surface area contributed by atoms with Gasteiger partial charge in [0.05, 0.1) is 0 Å². The Bertz CT molecular complexity index is 143. The van der Waals surface area contributed by atoms with E-state index in [0.29, 0.717) is 12.5 Å². The molecule has 5 nitrogen and oxygen atoms in total. The van der Waals surface area contributed by atoms with Gasteiger partial charge in [0.2, 0.25) is 0 Å². The van der Waals surface area contributed by atoms with E-state index in [1.807, 2.05) is 28.2 Å². The van der Waals surface area contributed by atoms with E-state index in [1.165, 1.54) is 0 Å². The molecular weight excluding hydrogens is 318 g/mol. The number of likely N-dealkylation sites (N-methyl/N-ethyl adjacent to an activating group) is 2. The molecule has 0 heterocycles. The van der Waals surface area contributed by atoms with Crippen molar-refractivity contribution < 1.29 is 42.1 Å². The summed E-state index contributed by atoms with van der Waals surface area (Å²) >= 11 is 0. The molecule has 1 unspecified atom stereocenters. The standard InChI is InChI=1S/C9H22N2O2.2ClH.H3N.Zn/c1-10(2)7-8(11(3)4)5-6-9(12)13;;;;/h8-9,12-13H,5-7H2,1-4H3;2*1H;1H3;/p-1. The third kappa shape index (κ3) is 19.5. The average Bonchev–Trinajstić information content (AvgIpc) is 1.96. The Kier molecular flexibility index (Phi) is 30.8. The fourth-order valence-electron chi connectivity index (χ4n) is 1.28. The van der Waals surface area contributed by atoms with Crippen LogP contribution in [0.3, 0.4) is 0 Å². The van der Waals surface area contributed by atoms with Gasteiger partial charge in [-0.05, 0) is 41.0 Å².